The molecule has 4 rings (SSSR count). The first kappa shape index (κ1) is 32.3. The molecule has 2 N–H and O–H groups in total. The second-order valence-corrected chi connectivity index (χ2v) is 12.2. The molecule has 1 aliphatic rings. The first-order chi connectivity index (χ1) is 20.7. The van der Waals surface area contributed by atoms with Crippen molar-refractivity contribution in [2.75, 3.05) is 43.9 Å². The number of esters is 1. The van der Waals surface area contributed by atoms with E-state index in [1.165, 1.54) is 12.0 Å². The van der Waals surface area contributed by atoms with Gasteiger partial charge in [-0.3, -0.25) is 9.97 Å². The molecule has 232 valence electrons. The first-order valence-corrected chi connectivity index (χ1v) is 15.4. The van der Waals surface area contributed by atoms with Crippen molar-refractivity contribution >= 4 is 17.6 Å². The lowest BCUT2D eigenvalue weighted by Crippen LogP contribution is -2.41. The number of aryl methyl sites for hydroxylation is 2. The number of unbranched alkanes of at least 4 members (excludes halogenated alkanes) is 1. The Morgan fingerprint density at radius 1 is 1.07 bits per heavy atom. The Labute approximate surface area is 256 Å². The highest BCUT2D eigenvalue weighted by atomic mass is 16.6. The van der Waals surface area contributed by atoms with E-state index in [2.05, 4.69) is 44.6 Å². The maximum absolute atomic E-state index is 13.3. The maximum atomic E-state index is 13.3. The number of ether oxygens (including phenoxy) is 2. The van der Waals surface area contributed by atoms with Gasteiger partial charge < -0.3 is 25.0 Å². The van der Waals surface area contributed by atoms with Gasteiger partial charge in [0.05, 0.1) is 24.2 Å². The van der Waals surface area contributed by atoms with Gasteiger partial charge >= 0.3 is 5.97 Å². The number of rotatable bonds is 15. The van der Waals surface area contributed by atoms with Gasteiger partial charge in [-0.1, -0.05) is 6.07 Å². The van der Waals surface area contributed by atoms with E-state index in [-0.39, 0.29) is 12.1 Å². The summed E-state index contributed by atoms with van der Waals surface area (Å²) in [6, 6.07) is 7.56. The van der Waals surface area contributed by atoms with Crippen LogP contribution in [0.1, 0.15) is 64.6 Å². The zero-order chi connectivity index (χ0) is 30.7. The number of pyridine rings is 2. The molecule has 0 bridgehead atoms. The second kappa shape index (κ2) is 15.7. The molecule has 0 aliphatic carbocycles. The Kier molecular flexibility index (Phi) is 11.8. The van der Waals surface area contributed by atoms with Crippen LogP contribution >= 0.6 is 0 Å². The standard InChI is InChI=1S/C33H47N7O3/c1-24(42-5)23-40(19-7-6-10-27-12-11-26-9-8-16-36-31(26)37-27)20-15-28(32(41)43-33(2,3)4)38-30-22-35-21-29(39-30)25-13-17-34-18-14-25/h11-14,17-18,21-22,24,28H,6-10,15-16,19-20,23H2,1-5H3,(H,36,37)(H,38,39). The summed E-state index contributed by atoms with van der Waals surface area (Å²) in [4.78, 5) is 33.7. The van der Waals surface area contributed by atoms with Crippen molar-refractivity contribution in [3.8, 4) is 11.3 Å². The number of hydrogen-bond acceptors (Lipinski definition) is 10. The van der Waals surface area contributed by atoms with Crippen LogP contribution in [0.15, 0.2) is 49.1 Å². The van der Waals surface area contributed by atoms with Crippen LogP contribution in [0.2, 0.25) is 0 Å². The third-order valence-electron chi connectivity index (χ3n) is 7.38. The Bertz CT molecular complexity index is 1300. The van der Waals surface area contributed by atoms with Gasteiger partial charge in [-0.2, -0.15) is 0 Å². The summed E-state index contributed by atoms with van der Waals surface area (Å²) in [7, 11) is 1.73. The minimum Gasteiger partial charge on any atom is -0.458 e. The molecule has 0 radical (unpaired) electrons. The fraction of sp³-hybridized carbons (Fsp3) is 0.545. The van der Waals surface area contributed by atoms with E-state index in [9.17, 15) is 4.79 Å². The maximum Gasteiger partial charge on any atom is 0.329 e. The van der Waals surface area contributed by atoms with E-state index < -0.39 is 11.6 Å². The van der Waals surface area contributed by atoms with Crippen molar-refractivity contribution in [1.82, 2.24) is 24.8 Å². The number of anilines is 2. The second-order valence-electron chi connectivity index (χ2n) is 12.2. The zero-order valence-corrected chi connectivity index (χ0v) is 26.3. The fourth-order valence-electron chi connectivity index (χ4n) is 5.09. The van der Waals surface area contributed by atoms with Crippen LogP contribution in [0.25, 0.3) is 11.3 Å². The summed E-state index contributed by atoms with van der Waals surface area (Å²) in [6.45, 7) is 11.1. The van der Waals surface area contributed by atoms with Gasteiger partial charge in [0.25, 0.3) is 0 Å². The molecule has 0 amide bonds. The Morgan fingerprint density at radius 3 is 2.65 bits per heavy atom. The van der Waals surface area contributed by atoms with Crippen molar-refractivity contribution < 1.29 is 14.3 Å². The molecule has 2 atom stereocenters. The molecule has 0 saturated carbocycles. The van der Waals surface area contributed by atoms with E-state index in [1.807, 2.05) is 32.9 Å². The van der Waals surface area contributed by atoms with Crippen LogP contribution in [0.4, 0.5) is 11.6 Å². The molecule has 0 aromatic carbocycles. The van der Waals surface area contributed by atoms with Crippen LogP contribution in [-0.2, 0) is 27.1 Å². The number of aromatic nitrogens is 4. The average Bonchev–Trinajstić information content (AvgIpc) is 3.00. The summed E-state index contributed by atoms with van der Waals surface area (Å²) in [5.74, 6) is 1.26. The van der Waals surface area contributed by atoms with E-state index in [0.29, 0.717) is 24.5 Å². The summed E-state index contributed by atoms with van der Waals surface area (Å²) in [6.07, 6.45) is 12.7. The Hall–Kier alpha value is -3.63. The van der Waals surface area contributed by atoms with Crippen LogP contribution in [0, 0.1) is 0 Å². The van der Waals surface area contributed by atoms with Crippen molar-refractivity contribution in [3.05, 3.63) is 60.3 Å². The quantitative estimate of drug-likeness (QED) is 0.182. The van der Waals surface area contributed by atoms with Crippen molar-refractivity contribution in [2.24, 2.45) is 0 Å². The zero-order valence-electron chi connectivity index (χ0n) is 26.3. The van der Waals surface area contributed by atoms with Gasteiger partial charge in [-0.05, 0) is 96.5 Å². The SMILES string of the molecule is COC(C)CN(CCCCc1ccc2c(n1)NCCC2)CCC(Nc1cncc(-c2ccncc2)n1)C(=O)OC(C)(C)C. The molecule has 3 aromatic rings. The molecule has 0 spiro atoms. The molecule has 0 saturated heterocycles. The van der Waals surface area contributed by atoms with Gasteiger partial charge in [0.15, 0.2) is 0 Å². The number of carbonyl (C=O) groups is 1. The van der Waals surface area contributed by atoms with Crippen molar-refractivity contribution in [3.63, 3.8) is 0 Å². The number of carbonyl (C=O) groups excluding carboxylic acids is 1. The highest BCUT2D eigenvalue weighted by molar-refractivity contribution is 5.79. The summed E-state index contributed by atoms with van der Waals surface area (Å²) < 4.78 is 11.4. The van der Waals surface area contributed by atoms with E-state index in [1.54, 1.807) is 31.9 Å². The third kappa shape index (κ3) is 10.5. The summed E-state index contributed by atoms with van der Waals surface area (Å²) in [5, 5.41) is 6.74. The van der Waals surface area contributed by atoms with E-state index in [4.69, 9.17) is 19.4 Å². The topological polar surface area (TPSA) is 114 Å². The van der Waals surface area contributed by atoms with Crippen LogP contribution < -0.4 is 10.6 Å². The smallest absolute Gasteiger partial charge is 0.329 e. The lowest BCUT2D eigenvalue weighted by Gasteiger charge is -2.29. The van der Waals surface area contributed by atoms with Gasteiger partial charge in [-0.15, -0.1) is 0 Å². The van der Waals surface area contributed by atoms with Gasteiger partial charge in [-0.25, -0.2) is 14.8 Å². The number of hydrogen-bond donors (Lipinski definition) is 2. The lowest BCUT2D eigenvalue weighted by molar-refractivity contribution is -0.156. The van der Waals surface area contributed by atoms with Crippen LogP contribution in [0.5, 0.6) is 0 Å². The third-order valence-corrected chi connectivity index (χ3v) is 7.38. The highest BCUT2D eigenvalue weighted by Gasteiger charge is 2.26. The fourth-order valence-corrected chi connectivity index (χ4v) is 5.09. The predicted molar refractivity (Wildman–Crippen MR) is 170 cm³/mol. The van der Waals surface area contributed by atoms with Gasteiger partial charge in [0.1, 0.15) is 23.3 Å². The molecular formula is C33H47N7O3. The molecule has 0 fully saturated rings. The predicted octanol–water partition coefficient (Wildman–Crippen LogP) is 5.16. The van der Waals surface area contributed by atoms with E-state index in [0.717, 1.165) is 62.4 Å². The Morgan fingerprint density at radius 2 is 1.88 bits per heavy atom. The minimum absolute atomic E-state index is 0.0734. The van der Waals surface area contributed by atoms with Gasteiger partial charge in [0, 0.05) is 50.4 Å². The Balaban J connectivity index is 1.38. The van der Waals surface area contributed by atoms with Gasteiger partial charge in [0.2, 0.25) is 0 Å². The largest absolute Gasteiger partial charge is 0.458 e. The monoisotopic (exact) mass is 589 g/mol. The van der Waals surface area contributed by atoms with Crippen LogP contribution in [0.3, 0.4) is 0 Å². The molecule has 4 heterocycles. The number of nitrogens with zero attached hydrogens (tertiary/aromatic N) is 5. The average molecular weight is 590 g/mol. The molecule has 10 nitrogen and oxygen atoms in total. The molecule has 43 heavy (non-hydrogen) atoms. The molecule has 2 unspecified atom stereocenters. The lowest BCUT2D eigenvalue weighted by atomic mass is 10.1. The van der Waals surface area contributed by atoms with E-state index >= 15 is 0 Å². The highest BCUT2D eigenvalue weighted by Crippen LogP contribution is 2.21. The molecular weight excluding hydrogens is 542 g/mol. The minimum atomic E-state index is -0.605. The number of fused-ring (bicyclic) bond motifs is 1. The first-order valence-electron chi connectivity index (χ1n) is 15.4. The number of methoxy groups -OCH3 is 1. The molecule has 10 heteroatoms. The normalized spacial score (nSPS) is 14.5. The van der Waals surface area contributed by atoms with Crippen molar-refractivity contribution in [2.45, 2.75) is 84.0 Å². The number of nitrogens with one attached hydrogen (secondary N) is 2. The molecule has 1 aliphatic heterocycles. The molecule has 3 aromatic heterocycles. The summed E-state index contributed by atoms with van der Waals surface area (Å²) in [5.41, 5.74) is 3.45. The summed E-state index contributed by atoms with van der Waals surface area (Å²) >= 11 is 0. The van der Waals surface area contributed by atoms with Crippen LogP contribution in [-0.4, -0.2) is 81.8 Å². The van der Waals surface area contributed by atoms with Crippen molar-refractivity contribution in [1.29, 1.82) is 0 Å².